The third-order valence-corrected chi connectivity index (χ3v) is 0.547. The maximum absolute atomic E-state index is 10.1. The summed E-state index contributed by atoms with van der Waals surface area (Å²) >= 11 is 0. The van der Waals surface area contributed by atoms with Crippen LogP contribution in [-0.4, -0.2) is 12.0 Å². The van der Waals surface area contributed by atoms with Crippen LogP contribution in [-0.2, 0) is 4.74 Å². The number of ether oxygens (including phenoxy) is 1. The van der Waals surface area contributed by atoms with Crippen molar-refractivity contribution < 1.29 is 9.53 Å². The molecule has 0 bridgehead atoms. The average molecular weight is 159 g/mol. The highest BCUT2D eigenvalue weighted by Gasteiger charge is 2.02. The Morgan fingerprint density at radius 1 is 1.55 bits per heavy atom. The maximum Gasteiger partial charge on any atom is 0.477 e. The summed E-state index contributed by atoms with van der Waals surface area (Å²) in [5, 5.41) is 10.8. The molecule has 0 heterocycles. The Kier molecular flexibility index (Phi) is 4.13. The van der Waals surface area contributed by atoms with E-state index >= 15 is 0 Å². The highest BCUT2D eigenvalue weighted by Crippen LogP contribution is 1.87. The molecule has 2 N–H and O–H groups in total. The first-order chi connectivity index (χ1) is 5.20. The third kappa shape index (κ3) is 4.63. The Bertz CT molecular complexity index is 209. The summed E-state index contributed by atoms with van der Waals surface area (Å²) in [5.74, 6) is 4.40. The molecular formula is C3H5N5O3. The fourth-order valence-electron chi connectivity index (χ4n) is 0.254. The van der Waals surface area contributed by atoms with E-state index in [-0.39, 0.29) is 5.90 Å². The highest BCUT2D eigenvalue weighted by molar-refractivity contribution is 5.86. The lowest BCUT2D eigenvalue weighted by atomic mass is 10.8. The Morgan fingerprint density at radius 2 is 2.18 bits per heavy atom. The fourth-order valence-corrected chi connectivity index (χ4v) is 0.254. The molecule has 60 valence electrons. The Balaban J connectivity index is 3.95. The van der Waals surface area contributed by atoms with Crippen LogP contribution in [0, 0.1) is 4.91 Å². The zero-order valence-electron chi connectivity index (χ0n) is 5.59. The number of hydrogen-bond acceptors (Lipinski definition) is 5. The molecule has 0 atom stereocenters. The molecule has 0 unspecified atom stereocenters. The Hall–Kier alpha value is -1.86. The van der Waals surface area contributed by atoms with Crippen LogP contribution in [0.25, 0.3) is 0 Å². The largest absolute Gasteiger partial charge is 0.477 e. The number of rotatable bonds is 1. The first-order valence-corrected chi connectivity index (χ1v) is 2.40. The summed E-state index contributed by atoms with van der Waals surface area (Å²) in [5.41, 5.74) is 0. The van der Waals surface area contributed by atoms with Gasteiger partial charge in [0.15, 0.2) is 0 Å². The van der Waals surface area contributed by atoms with E-state index in [0.29, 0.717) is 0 Å². The minimum atomic E-state index is -1.29. The van der Waals surface area contributed by atoms with Crippen LogP contribution in [0.5, 0.6) is 0 Å². The van der Waals surface area contributed by atoms with E-state index < -0.39 is 6.09 Å². The number of carbonyl (C=O) groups is 1. The molecule has 0 aromatic carbocycles. The van der Waals surface area contributed by atoms with Crippen molar-refractivity contribution in [2.75, 3.05) is 0 Å². The van der Waals surface area contributed by atoms with E-state index in [4.69, 9.17) is 0 Å². The maximum atomic E-state index is 10.1. The quantitative estimate of drug-likeness (QED) is 0.150. The number of carbonyl (C=O) groups excluding carboxylic acids is 1. The van der Waals surface area contributed by atoms with Crippen LogP contribution >= 0.6 is 0 Å². The smallest absolute Gasteiger partial charge is 0.390 e. The zero-order chi connectivity index (χ0) is 8.69. The van der Waals surface area contributed by atoms with Crippen molar-refractivity contribution in [1.29, 1.82) is 0 Å². The van der Waals surface area contributed by atoms with Gasteiger partial charge in [0.05, 0.1) is 5.18 Å². The second kappa shape index (κ2) is 4.97. The van der Waals surface area contributed by atoms with Gasteiger partial charge in [0, 0.05) is 6.92 Å². The molecule has 0 aliphatic rings. The Labute approximate surface area is 61.1 Å². The Morgan fingerprint density at radius 3 is 2.64 bits per heavy atom. The topological polar surface area (TPSA) is 119 Å². The van der Waals surface area contributed by atoms with E-state index in [2.05, 4.69) is 26.1 Å². The fraction of sp³-hybridized carbons (Fsp3) is 0.333. The molecule has 0 rings (SSSR count). The van der Waals surface area contributed by atoms with Gasteiger partial charge in [0.1, 0.15) is 0 Å². The lowest BCUT2D eigenvalue weighted by molar-refractivity contribution is 0.207. The summed E-state index contributed by atoms with van der Waals surface area (Å²) in [6.45, 7) is 1.29. The minimum Gasteiger partial charge on any atom is -0.390 e. The van der Waals surface area contributed by atoms with Gasteiger partial charge in [-0.25, -0.2) is 4.79 Å². The number of nitrogens with two attached hydrogens (primary N) is 1. The van der Waals surface area contributed by atoms with Crippen LogP contribution in [0.15, 0.2) is 20.7 Å². The van der Waals surface area contributed by atoms with Crippen LogP contribution in [0.1, 0.15) is 6.92 Å². The molecule has 0 aromatic rings. The number of hydrogen-bond donors (Lipinski definition) is 1. The molecule has 0 saturated heterocycles. The van der Waals surface area contributed by atoms with E-state index in [9.17, 15) is 9.70 Å². The van der Waals surface area contributed by atoms with Crippen molar-refractivity contribution in [3.05, 3.63) is 4.91 Å². The lowest BCUT2D eigenvalue weighted by Crippen LogP contribution is -2.03. The van der Waals surface area contributed by atoms with Gasteiger partial charge in [-0.15, -0.1) is 4.91 Å². The van der Waals surface area contributed by atoms with Crippen LogP contribution < -0.4 is 5.84 Å². The first-order valence-electron chi connectivity index (χ1n) is 2.40. The zero-order valence-corrected chi connectivity index (χ0v) is 5.59. The summed E-state index contributed by atoms with van der Waals surface area (Å²) < 4.78 is 4.12. The monoisotopic (exact) mass is 159 g/mol. The second-order valence-corrected chi connectivity index (χ2v) is 1.28. The molecular weight excluding hydrogens is 154 g/mol. The molecule has 0 aliphatic heterocycles. The molecule has 0 spiro atoms. The molecule has 1 amide bonds. The molecule has 0 saturated carbocycles. The summed E-state index contributed by atoms with van der Waals surface area (Å²) in [4.78, 5) is 19.6. The summed E-state index contributed by atoms with van der Waals surface area (Å²) in [7, 11) is 0. The first kappa shape index (κ1) is 9.14. The third-order valence-electron chi connectivity index (χ3n) is 0.547. The average Bonchev–Trinajstić information content (AvgIpc) is 2.00. The van der Waals surface area contributed by atoms with E-state index in [0.717, 1.165) is 0 Å². The van der Waals surface area contributed by atoms with E-state index in [1.165, 1.54) is 6.92 Å². The predicted molar refractivity (Wildman–Crippen MR) is 34.4 cm³/mol. The molecule has 8 nitrogen and oxygen atoms in total. The van der Waals surface area contributed by atoms with Gasteiger partial charge >= 0.3 is 6.09 Å². The number of nitrogens with zero attached hydrogens (tertiary/aromatic N) is 4. The van der Waals surface area contributed by atoms with E-state index in [1.807, 2.05) is 5.18 Å². The van der Waals surface area contributed by atoms with Gasteiger partial charge in [-0.1, -0.05) is 10.3 Å². The second-order valence-electron chi connectivity index (χ2n) is 1.28. The molecule has 0 aromatic heterocycles. The predicted octanol–water partition coefficient (Wildman–Crippen LogP) is 0.549. The van der Waals surface area contributed by atoms with Gasteiger partial charge in [0.2, 0.25) is 5.90 Å². The SMILES string of the molecule is CC(=NN=NN)OC(=O)N=O. The van der Waals surface area contributed by atoms with Gasteiger partial charge in [0.25, 0.3) is 0 Å². The van der Waals surface area contributed by atoms with Crippen molar-refractivity contribution in [3.8, 4) is 0 Å². The minimum absolute atomic E-state index is 0.163. The van der Waals surface area contributed by atoms with Gasteiger partial charge in [-0.2, -0.15) is 0 Å². The highest BCUT2D eigenvalue weighted by atomic mass is 16.6. The summed E-state index contributed by atoms with van der Waals surface area (Å²) in [6, 6.07) is 0. The van der Waals surface area contributed by atoms with Crippen LogP contribution in [0.3, 0.4) is 0 Å². The van der Waals surface area contributed by atoms with Crippen molar-refractivity contribution in [1.82, 2.24) is 0 Å². The number of nitroso groups, excluding NO2 is 1. The number of amides is 1. The summed E-state index contributed by atoms with van der Waals surface area (Å²) in [6.07, 6.45) is -1.29. The van der Waals surface area contributed by atoms with E-state index in [1.54, 1.807) is 0 Å². The van der Waals surface area contributed by atoms with Crippen molar-refractivity contribution in [3.63, 3.8) is 0 Å². The molecule has 0 aliphatic carbocycles. The van der Waals surface area contributed by atoms with Crippen molar-refractivity contribution in [2.45, 2.75) is 6.92 Å². The van der Waals surface area contributed by atoms with Crippen molar-refractivity contribution in [2.24, 2.45) is 26.6 Å². The lowest BCUT2D eigenvalue weighted by Gasteiger charge is -1.91. The van der Waals surface area contributed by atoms with Crippen LogP contribution in [0.4, 0.5) is 4.79 Å². The van der Waals surface area contributed by atoms with Crippen molar-refractivity contribution >= 4 is 12.0 Å². The molecule has 11 heavy (non-hydrogen) atoms. The normalized spacial score (nSPS) is 11.5. The molecule has 0 radical (unpaired) electrons. The van der Waals surface area contributed by atoms with Gasteiger partial charge < -0.3 is 10.6 Å². The molecule has 0 fully saturated rings. The molecule has 8 heteroatoms. The standard InChI is InChI=1S/C3H5N5O3/c1-2(5-8-7-4)11-3(9)6-10/h1H3,(H2,4,8). The van der Waals surface area contributed by atoms with Gasteiger partial charge in [-0.3, -0.25) is 0 Å². The van der Waals surface area contributed by atoms with Crippen LogP contribution in [0.2, 0.25) is 0 Å². The van der Waals surface area contributed by atoms with Gasteiger partial charge in [-0.05, 0) is 5.22 Å².